The van der Waals surface area contributed by atoms with Gasteiger partial charge in [0.1, 0.15) is 5.65 Å². The molecule has 0 spiro atoms. The number of para-hydroxylation sites is 6. The molecule has 0 fully saturated rings. The summed E-state index contributed by atoms with van der Waals surface area (Å²) in [6, 6.07) is 57.1. The molecule has 11 aromatic rings. The predicted octanol–water partition coefficient (Wildman–Crippen LogP) is 11.0. The first-order valence-corrected chi connectivity index (χ1v) is 16.1. The Kier molecular flexibility index (Phi) is 4.81. The van der Waals surface area contributed by atoms with E-state index in [9.17, 15) is 0 Å². The largest absolute Gasteiger partial charge is 0.309 e. The van der Waals surface area contributed by atoms with Gasteiger partial charge in [-0.2, -0.15) is 0 Å². The second-order valence-electron chi connectivity index (χ2n) is 12.4. The van der Waals surface area contributed by atoms with Crippen molar-refractivity contribution in [3.63, 3.8) is 0 Å². The van der Waals surface area contributed by atoms with Gasteiger partial charge in [0.25, 0.3) is 0 Å². The molecule has 0 N–H and O–H groups in total. The van der Waals surface area contributed by atoms with Crippen molar-refractivity contribution in [3.8, 4) is 11.4 Å². The van der Waals surface area contributed by atoms with E-state index in [1.807, 2.05) is 0 Å². The summed E-state index contributed by atoms with van der Waals surface area (Å²) in [5, 5.41) is 8.56. The standard InChI is InChI=1S/C43H26N4/c1-6-16-37-29(11-1)30-12-2-7-17-38(30)45(37)27-21-23-33-34(25-27)35-26-28(22-24-41(35)47-42-20-10-5-15-36(42)44-43(33)47)46-39-18-8-3-13-31(39)32-14-4-9-19-40(32)46/h1-26H. The van der Waals surface area contributed by atoms with Gasteiger partial charge in [0.2, 0.25) is 0 Å². The molecule has 4 nitrogen and oxygen atoms in total. The molecule has 0 radical (unpaired) electrons. The Morgan fingerprint density at radius 3 is 1.32 bits per heavy atom. The van der Waals surface area contributed by atoms with Crippen molar-refractivity contribution < 1.29 is 0 Å². The zero-order valence-corrected chi connectivity index (χ0v) is 25.3. The SMILES string of the molecule is c1ccc2c(c1)nc1c3ccc(-n4c5ccccc5c5ccccc54)cc3c3cc(-n4c5ccccc5c5ccccc54)ccc3n21. The molecule has 11 rings (SSSR count). The number of nitrogens with zero attached hydrogens (tertiary/aromatic N) is 4. The fraction of sp³-hybridized carbons (Fsp3) is 0. The van der Waals surface area contributed by atoms with Crippen molar-refractivity contribution in [1.29, 1.82) is 0 Å². The average Bonchev–Trinajstić information content (AvgIpc) is 3.80. The van der Waals surface area contributed by atoms with E-state index in [0.717, 1.165) is 39.0 Å². The number of fused-ring (bicyclic) bond motifs is 14. The first-order valence-electron chi connectivity index (χ1n) is 16.1. The Labute approximate surface area is 268 Å². The molecule has 0 aliphatic rings. The number of benzene rings is 7. The Bertz CT molecular complexity index is 2970. The summed E-state index contributed by atoms with van der Waals surface area (Å²) in [5.41, 5.74) is 11.3. The van der Waals surface area contributed by atoms with Gasteiger partial charge in [0.15, 0.2) is 0 Å². The van der Waals surface area contributed by atoms with E-state index in [1.165, 1.54) is 54.4 Å². The van der Waals surface area contributed by atoms with Crippen LogP contribution in [0, 0.1) is 0 Å². The van der Waals surface area contributed by atoms with Crippen molar-refractivity contribution in [2.75, 3.05) is 0 Å². The van der Waals surface area contributed by atoms with Crippen molar-refractivity contribution in [2.45, 2.75) is 0 Å². The van der Waals surface area contributed by atoms with Crippen LogP contribution in [0.1, 0.15) is 0 Å². The number of hydrogen-bond acceptors (Lipinski definition) is 1. The third-order valence-electron chi connectivity index (χ3n) is 9.99. The Balaban J connectivity index is 1.29. The van der Waals surface area contributed by atoms with Gasteiger partial charge in [-0.3, -0.25) is 4.40 Å². The highest BCUT2D eigenvalue weighted by Crippen LogP contribution is 2.39. The van der Waals surface area contributed by atoms with Crippen molar-refractivity contribution >= 4 is 82.0 Å². The molecule has 0 bridgehead atoms. The normalized spacial score (nSPS) is 12.3. The van der Waals surface area contributed by atoms with Gasteiger partial charge in [0, 0.05) is 43.7 Å². The maximum Gasteiger partial charge on any atom is 0.146 e. The van der Waals surface area contributed by atoms with Crippen LogP contribution in [-0.2, 0) is 0 Å². The minimum Gasteiger partial charge on any atom is -0.309 e. The van der Waals surface area contributed by atoms with E-state index in [0.29, 0.717) is 0 Å². The third kappa shape index (κ3) is 3.28. The van der Waals surface area contributed by atoms with Crippen molar-refractivity contribution in [1.82, 2.24) is 18.5 Å². The fourth-order valence-corrected chi connectivity index (χ4v) is 8.01. The van der Waals surface area contributed by atoms with E-state index in [4.69, 9.17) is 4.98 Å². The van der Waals surface area contributed by atoms with Crippen LogP contribution in [0.4, 0.5) is 0 Å². The van der Waals surface area contributed by atoms with Crippen LogP contribution in [0.3, 0.4) is 0 Å². The van der Waals surface area contributed by atoms with Gasteiger partial charge < -0.3 is 9.13 Å². The summed E-state index contributed by atoms with van der Waals surface area (Å²) in [6.45, 7) is 0. The summed E-state index contributed by atoms with van der Waals surface area (Å²) >= 11 is 0. The predicted molar refractivity (Wildman–Crippen MR) is 196 cm³/mol. The summed E-state index contributed by atoms with van der Waals surface area (Å²) in [5.74, 6) is 0. The van der Waals surface area contributed by atoms with E-state index < -0.39 is 0 Å². The van der Waals surface area contributed by atoms with Crippen LogP contribution in [0.25, 0.3) is 93.3 Å². The smallest absolute Gasteiger partial charge is 0.146 e. The minimum absolute atomic E-state index is 0.979. The van der Waals surface area contributed by atoms with E-state index >= 15 is 0 Å². The Hall–Kier alpha value is -6.39. The Morgan fingerprint density at radius 1 is 0.319 bits per heavy atom. The summed E-state index contributed by atoms with van der Waals surface area (Å²) in [4.78, 5) is 5.19. The number of hydrogen-bond donors (Lipinski definition) is 0. The minimum atomic E-state index is 0.979. The molecule has 4 heteroatoms. The van der Waals surface area contributed by atoms with E-state index in [1.54, 1.807) is 0 Å². The topological polar surface area (TPSA) is 27.2 Å². The quantitative estimate of drug-likeness (QED) is 0.182. The zero-order chi connectivity index (χ0) is 30.6. The molecule has 0 unspecified atom stereocenters. The van der Waals surface area contributed by atoms with Gasteiger partial charge in [-0.05, 0) is 78.2 Å². The first-order chi connectivity index (χ1) is 23.3. The summed E-state index contributed by atoms with van der Waals surface area (Å²) in [7, 11) is 0. The van der Waals surface area contributed by atoms with E-state index in [-0.39, 0.29) is 0 Å². The molecule has 4 aromatic heterocycles. The molecule has 0 amide bonds. The van der Waals surface area contributed by atoms with Crippen LogP contribution in [0.15, 0.2) is 158 Å². The lowest BCUT2D eigenvalue weighted by Crippen LogP contribution is -1.98. The maximum absolute atomic E-state index is 5.19. The van der Waals surface area contributed by atoms with Gasteiger partial charge in [0.05, 0.1) is 38.6 Å². The van der Waals surface area contributed by atoms with Crippen LogP contribution < -0.4 is 0 Å². The second kappa shape index (κ2) is 9.09. The monoisotopic (exact) mass is 598 g/mol. The van der Waals surface area contributed by atoms with Crippen LogP contribution in [0.5, 0.6) is 0 Å². The molecule has 47 heavy (non-hydrogen) atoms. The first kappa shape index (κ1) is 24.9. The molecule has 0 aliphatic heterocycles. The van der Waals surface area contributed by atoms with Crippen LogP contribution in [0.2, 0.25) is 0 Å². The zero-order valence-electron chi connectivity index (χ0n) is 25.3. The fourth-order valence-electron chi connectivity index (χ4n) is 8.01. The molecule has 0 aliphatic carbocycles. The number of imidazole rings is 1. The van der Waals surface area contributed by atoms with Gasteiger partial charge in [-0.1, -0.05) is 84.9 Å². The lowest BCUT2D eigenvalue weighted by atomic mass is 10.0. The lowest BCUT2D eigenvalue weighted by Gasteiger charge is -2.15. The number of aromatic nitrogens is 4. The molecule has 218 valence electrons. The van der Waals surface area contributed by atoms with Gasteiger partial charge >= 0.3 is 0 Å². The molecule has 0 atom stereocenters. The molecule has 4 heterocycles. The van der Waals surface area contributed by atoms with Crippen molar-refractivity contribution in [2.24, 2.45) is 0 Å². The highest BCUT2D eigenvalue weighted by Gasteiger charge is 2.18. The number of pyridine rings is 1. The maximum atomic E-state index is 5.19. The van der Waals surface area contributed by atoms with Crippen molar-refractivity contribution in [3.05, 3.63) is 158 Å². The number of rotatable bonds is 2. The molecule has 7 aromatic carbocycles. The highest BCUT2D eigenvalue weighted by molar-refractivity contribution is 6.16. The highest BCUT2D eigenvalue weighted by atomic mass is 15.0. The lowest BCUT2D eigenvalue weighted by molar-refractivity contribution is 1.18. The molecule has 0 saturated heterocycles. The summed E-state index contributed by atoms with van der Waals surface area (Å²) < 4.78 is 7.14. The second-order valence-corrected chi connectivity index (χ2v) is 12.4. The molecule has 0 saturated carbocycles. The van der Waals surface area contributed by atoms with Gasteiger partial charge in [-0.15, -0.1) is 0 Å². The van der Waals surface area contributed by atoms with E-state index in [2.05, 4.69) is 171 Å². The molecular formula is C43H26N4. The van der Waals surface area contributed by atoms with Crippen LogP contribution in [-0.4, -0.2) is 18.5 Å². The molecular weight excluding hydrogens is 573 g/mol. The summed E-state index contributed by atoms with van der Waals surface area (Å²) in [6.07, 6.45) is 0. The Morgan fingerprint density at radius 2 is 0.766 bits per heavy atom. The van der Waals surface area contributed by atoms with Gasteiger partial charge in [-0.25, -0.2) is 4.98 Å². The third-order valence-corrected chi connectivity index (χ3v) is 9.99. The average molecular weight is 599 g/mol. The van der Waals surface area contributed by atoms with Crippen LogP contribution >= 0.6 is 0 Å².